The van der Waals surface area contributed by atoms with E-state index < -0.39 is 10.1 Å². The molecule has 0 aromatic heterocycles. The van der Waals surface area contributed by atoms with Crippen molar-refractivity contribution in [3.8, 4) is 0 Å². The van der Waals surface area contributed by atoms with E-state index in [1.165, 1.54) is 19.3 Å². The van der Waals surface area contributed by atoms with E-state index in [1.807, 2.05) is 13.8 Å². The highest BCUT2D eigenvalue weighted by Gasteiger charge is 2.24. The quantitative estimate of drug-likeness (QED) is 0.463. The lowest BCUT2D eigenvalue weighted by Crippen LogP contribution is -2.51. The highest BCUT2D eigenvalue weighted by molar-refractivity contribution is 7.85. The van der Waals surface area contributed by atoms with Crippen molar-refractivity contribution in [2.45, 2.75) is 64.5 Å². The van der Waals surface area contributed by atoms with E-state index >= 15 is 0 Å². The maximum absolute atomic E-state index is 12.3. The first-order valence-electron chi connectivity index (χ1n) is 7.78. The average Bonchev–Trinajstić information content (AvgIpc) is 2.37. The summed E-state index contributed by atoms with van der Waals surface area (Å²) in [5, 5.41) is 6.18. The zero-order chi connectivity index (χ0) is 15.9. The Hall–Kier alpha value is -0.660. The van der Waals surface area contributed by atoms with Crippen LogP contribution in [0.15, 0.2) is 0 Å². The molecule has 0 aromatic rings. The third-order valence-corrected chi connectivity index (χ3v) is 4.65. The summed E-state index contributed by atoms with van der Waals surface area (Å²) in [6.45, 7) is 4.31. The number of hydrogen-bond acceptors (Lipinski definition) is 4. The van der Waals surface area contributed by atoms with Crippen LogP contribution in [-0.2, 0) is 14.9 Å². The summed E-state index contributed by atoms with van der Waals surface area (Å²) < 4.78 is 30.0. The molecule has 1 aliphatic rings. The second kappa shape index (κ2) is 8.70. The van der Waals surface area contributed by atoms with Crippen LogP contribution in [0, 0.1) is 5.92 Å². The van der Waals surface area contributed by atoms with Gasteiger partial charge in [-0.15, -0.1) is 0 Å². The van der Waals surface area contributed by atoms with Gasteiger partial charge in [0.1, 0.15) is 0 Å². The number of rotatable bonds is 8. The van der Waals surface area contributed by atoms with Gasteiger partial charge in [-0.05, 0) is 31.7 Å². The first-order chi connectivity index (χ1) is 9.79. The summed E-state index contributed by atoms with van der Waals surface area (Å²) in [7, 11) is -3.93. The van der Waals surface area contributed by atoms with Gasteiger partial charge in [0.15, 0.2) is 0 Å². The molecule has 6 nitrogen and oxygen atoms in total. The van der Waals surface area contributed by atoms with Crippen LogP contribution in [0.25, 0.3) is 0 Å². The Morgan fingerprint density at radius 3 is 2.38 bits per heavy atom. The van der Waals surface area contributed by atoms with Gasteiger partial charge in [0, 0.05) is 6.04 Å². The lowest BCUT2D eigenvalue weighted by Gasteiger charge is -2.27. The van der Waals surface area contributed by atoms with Crippen LogP contribution in [0.5, 0.6) is 0 Å². The molecule has 0 aliphatic heterocycles. The molecule has 0 unspecified atom stereocenters. The van der Waals surface area contributed by atoms with Gasteiger partial charge in [-0.25, -0.2) is 0 Å². The monoisotopic (exact) mass is 320 g/mol. The van der Waals surface area contributed by atoms with Gasteiger partial charge in [0.05, 0.1) is 11.8 Å². The molecule has 0 aromatic carbocycles. The number of hydrogen-bond donors (Lipinski definition) is 3. The van der Waals surface area contributed by atoms with Gasteiger partial charge in [0.25, 0.3) is 10.1 Å². The van der Waals surface area contributed by atoms with Gasteiger partial charge in [-0.2, -0.15) is 8.42 Å². The van der Waals surface area contributed by atoms with E-state index in [4.69, 9.17) is 4.55 Å². The summed E-state index contributed by atoms with van der Waals surface area (Å²) in [6.07, 6.45) is 5.95. The van der Waals surface area contributed by atoms with Crippen LogP contribution in [0.2, 0.25) is 0 Å². The Balaban J connectivity index is 2.38. The fourth-order valence-electron chi connectivity index (χ4n) is 2.68. The number of carbonyl (C=O) groups is 1. The fraction of sp³-hybridized carbons (Fsp3) is 0.929. The van der Waals surface area contributed by atoms with Gasteiger partial charge in [0.2, 0.25) is 5.91 Å². The van der Waals surface area contributed by atoms with Crippen molar-refractivity contribution >= 4 is 16.0 Å². The van der Waals surface area contributed by atoms with Gasteiger partial charge in [-0.3, -0.25) is 9.35 Å². The molecule has 0 radical (unpaired) electrons. The predicted molar refractivity (Wildman–Crippen MR) is 82.7 cm³/mol. The molecule has 1 amide bonds. The Labute approximate surface area is 127 Å². The highest BCUT2D eigenvalue weighted by atomic mass is 32.2. The van der Waals surface area contributed by atoms with Crippen molar-refractivity contribution in [2.75, 3.05) is 12.3 Å². The molecule has 1 saturated carbocycles. The topological polar surface area (TPSA) is 95.5 Å². The third-order valence-electron chi connectivity index (χ3n) is 3.84. The van der Waals surface area contributed by atoms with Crippen molar-refractivity contribution in [3.63, 3.8) is 0 Å². The summed E-state index contributed by atoms with van der Waals surface area (Å²) in [5.74, 6) is -0.169. The second-order valence-electron chi connectivity index (χ2n) is 6.16. The minimum absolute atomic E-state index is 0.0104. The lowest BCUT2D eigenvalue weighted by atomic mass is 9.94. The highest BCUT2D eigenvalue weighted by Crippen LogP contribution is 2.17. The van der Waals surface area contributed by atoms with E-state index in [9.17, 15) is 13.2 Å². The molecule has 0 heterocycles. The van der Waals surface area contributed by atoms with Crippen LogP contribution in [-0.4, -0.2) is 43.3 Å². The smallest absolute Gasteiger partial charge is 0.264 e. The molecule has 1 aliphatic carbocycles. The zero-order valence-electron chi connectivity index (χ0n) is 13.0. The summed E-state index contributed by atoms with van der Waals surface area (Å²) >= 11 is 0. The maximum Gasteiger partial charge on any atom is 0.264 e. The van der Waals surface area contributed by atoms with Gasteiger partial charge >= 0.3 is 0 Å². The van der Waals surface area contributed by atoms with Crippen molar-refractivity contribution in [2.24, 2.45) is 5.92 Å². The molecule has 124 valence electrons. The molecule has 0 bridgehead atoms. The standard InChI is InChI=1S/C14H28N2O4S/c1-11(2)13(15-9-6-10-21(18,19)20)14(17)16-12-7-4-3-5-8-12/h11-13,15H,3-10H2,1-2H3,(H,16,17)(H,18,19,20)/t13-/m0/s1. The molecular weight excluding hydrogens is 292 g/mol. The number of carbonyl (C=O) groups excluding carboxylic acids is 1. The normalized spacial score (nSPS) is 18.7. The SMILES string of the molecule is CC(C)[C@H](NCCCS(=O)(=O)O)C(=O)NC1CCCCC1. The predicted octanol–water partition coefficient (Wildman–Crippen LogP) is 1.33. The number of amides is 1. The molecule has 0 saturated heterocycles. The van der Waals surface area contributed by atoms with Crippen LogP contribution in [0.1, 0.15) is 52.4 Å². The Morgan fingerprint density at radius 2 is 1.86 bits per heavy atom. The minimum Gasteiger partial charge on any atom is -0.352 e. The van der Waals surface area contributed by atoms with E-state index in [1.54, 1.807) is 0 Å². The maximum atomic E-state index is 12.3. The molecule has 7 heteroatoms. The lowest BCUT2D eigenvalue weighted by molar-refractivity contribution is -0.125. The number of nitrogens with one attached hydrogen (secondary N) is 2. The molecule has 0 spiro atoms. The minimum atomic E-state index is -3.93. The summed E-state index contributed by atoms with van der Waals surface area (Å²) in [5.41, 5.74) is 0. The zero-order valence-corrected chi connectivity index (χ0v) is 13.8. The first-order valence-corrected chi connectivity index (χ1v) is 9.39. The average molecular weight is 320 g/mol. The van der Waals surface area contributed by atoms with Crippen LogP contribution in [0.3, 0.4) is 0 Å². The Bertz CT molecular complexity index is 417. The van der Waals surface area contributed by atoms with E-state index in [0.29, 0.717) is 13.0 Å². The van der Waals surface area contributed by atoms with E-state index in [0.717, 1.165) is 12.8 Å². The Kier molecular flexibility index (Phi) is 7.62. The largest absolute Gasteiger partial charge is 0.352 e. The summed E-state index contributed by atoms with van der Waals surface area (Å²) in [6, 6.07) is -0.0551. The molecular formula is C14H28N2O4S. The van der Waals surface area contributed by atoms with Crippen LogP contribution in [0.4, 0.5) is 0 Å². The van der Waals surface area contributed by atoms with Crippen molar-refractivity contribution in [1.29, 1.82) is 0 Å². The first kappa shape index (κ1) is 18.4. The van der Waals surface area contributed by atoms with Gasteiger partial charge < -0.3 is 10.6 Å². The molecule has 3 N–H and O–H groups in total. The molecule has 1 rings (SSSR count). The van der Waals surface area contributed by atoms with E-state index in [-0.39, 0.29) is 29.7 Å². The van der Waals surface area contributed by atoms with Crippen molar-refractivity contribution in [1.82, 2.24) is 10.6 Å². The third kappa shape index (κ3) is 7.78. The van der Waals surface area contributed by atoms with Crippen LogP contribution >= 0.6 is 0 Å². The molecule has 1 atom stereocenters. The van der Waals surface area contributed by atoms with Crippen molar-refractivity contribution in [3.05, 3.63) is 0 Å². The summed E-state index contributed by atoms with van der Waals surface area (Å²) in [4.78, 5) is 12.3. The van der Waals surface area contributed by atoms with Gasteiger partial charge in [-0.1, -0.05) is 33.1 Å². The Morgan fingerprint density at radius 1 is 1.24 bits per heavy atom. The second-order valence-corrected chi connectivity index (χ2v) is 7.73. The van der Waals surface area contributed by atoms with Crippen LogP contribution < -0.4 is 10.6 Å². The fourth-order valence-corrected chi connectivity index (χ4v) is 3.19. The molecule has 1 fully saturated rings. The molecule has 21 heavy (non-hydrogen) atoms. The van der Waals surface area contributed by atoms with Crippen molar-refractivity contribution < 1.29 is 17.8 Å². The van der Waals surface area contributed by atoms with E-state index in [2.05, 4.69) is 10.6 Å².